The van der Waals surface area contributed by atoms with E-state index in [9.17, 15) is 0 Å². The number of aromatic nitrogens is 2. The molecule has 0 amide bonds. The molecule has 0 aliphatic rings. The number of nitrogens with zero attached hydrogens (tertiary/aromatic N) is 2. The third kappa shape index (κ3) is 3.39. The molecule has 0 radical (unpaired) electrons. The molecule has 0 fully saturated rings. The number of rotatable bonds is 4. The molecule has 0 spiro atoms. The van der Waals surface area contributed by atoms with Crippen LogP contribution in [0.4, 0.5) is 5.69 Å². The van der Waals surface area contributed by atoms with Crippen molar-refractivity contribution in [3.63, 3.8) is 0 Å². The van der Waals surface area contributed by atoms with Gasteiger partial charge in [-0.3, -0.25) is 4.57 Å². The lowest BCUT2D eigenvalue weighted by atomic mass is 10.2. The Morgan fingerprint density at radius 2 is 1.88 bits per heavy atom. The lowest BCUT2D eigenvalue weighted by molar-refractivity contribution is 0.503. The van der Waals surface area contributed by atoms with Gasteiger partial charge in [-0.25, -0.2) is 4.98 Å². The maximum Gasteiger partial charge on any atom is 0.171 e. The minimum Gasteiger partial charge on any atom is -0.467 e. The first-order chi connectivity index (χ1) is 12.3. The molecular weight excluding hydrogens is 332 g/mol. The minimum atomic E-state index is 0.553. The lowest BCUT2D eigenvalue weighted by Crippen LogP contribution is -2.27. The van der Waals surface area contributed by atoms with Crippen LogP contribution in [0.5, 0.6) is 0 Å². The van der Waals surface area contributed by atoms with E-state index in [4.69, 9.17) is 16.6 Å². The molecule has 0 aliphatic carbocycles. The van der Waals surface area contributed by atoms with E-state index in [1.807, 2.05) is 60.9 Å². The fraction of sp³-hybridized carbons (Fsp3) is 0.0526. The molecule has 4 rings (SSSR count). The van der Waals surface area contributed by atoms with Gasteiger partial charge in [0.15, 0.2) is 5.11 Å². The molecule has 0 saturated heterocycles. The van der Waals surface area contributed by atoms with Crippen molar-refractivity contribution < 1.29 is 4.42 Å². The first kappa shape index (κ1) is 15.4. The van der Waals surface area contributed by atoms with Gasteiger partial charge in [0.25, 0.3) is 0 Å². The second-order valence-corrected chi connectivity index (χ2v) is 5.95. The molecule has 0 bridgehead atoms. The number of hydrogen-bond acceptors (Lipinski definition) is 3. The molecule has 2 aromatic heterocycles. The van der Waals surface area contributed by atoms with Gasteiger partial charge in [-0.15, -0.1) is 0 Å². The highest BCUT2D eigenvalue weighted by atomic mass is 32.1. The van der Waals surface area contributed by atoms with Crippen LogP contribution in [0, 0.1) is 0 Å². The minimum absolute atomic E-state index is 0.553. The van der Waals surface area contributed by atoms with Crippen molar-refractivity contribution in [2.45, 2.75) is 6.54 Å². The number of para-hydroxylation sites is 2. The Hall–Kier alpha value is -3.12. The number of anilines is 1. The van der Waals surface area contributed by atoms with Crippen LogP contribution in [0.1, 0.15) is 5.76 Å². The van der Waals surface area contributed by atoms with Crippen LogP contribution in [0.25, 0.3) is 16.7 Å². The van der Waals surface area contributed by atoms with Crippen molar-refractivity contribution in [3.05, 3.63) is 79.0 Å². The summed E-state index contributed by atoms with van der Waals surface area (Å²) in [6, 6.07) is 19.9. The van der Waals surface area contributed by atoms with Crippen molar-refractivity contribution in [3.8, 4) is 5.69 Å². The zero-order valence-corrected chi connectivity index (χ0v) is 14.2. The molecule has 0 aliphatic heterocycles. The first-order valence-electron chi connectivity index (χ1n) is 7.89. The van der Waals surface area contributed by atoms with Crippen molar-refractivity contribution in [2.75, 3.05) is 5.32 Å². The van der Waals surface area contributed by atoms with Crippen molar-refractivity contribution in [1.82, 2.24) is 14.9 Å². The Balaban J connectivity index is 1.44. The predicted octanol–water partition coefficient (Wildman–Crippen LogP) is 4.11. The van der Waals surface area contributed by atoms with Gasteiger partial charge in [0.2, 0.25) is 0 Å². The van der Waals surface area contributed by atoms with E-state index >= 15 is 0 Å². The highest BCUT2D eigenvalue weighted by Gasteiger charge is 2.04. The second-order valence-electron chi connectivity index (χ2n) is 5.54. The van der Waals surface area contributed by atoms with Crippen LogP contribution >= 0.6 is 12.2 Å². The molecule has 5 nitrogen and oxygen atoms in total. The zero-order chi connectivity index (χ0) is 17.1. The van der Waals surface area contributed by atoms with Crippen molar-refractivity contribution >= 4 is 34.1 Å². The third-order valence-corrected chi connectivity index (χ3v) is 4.11. The number of nitrogens with one attached hydrogen (secondary N) is 2. The third-order valence-electron chi connectivity index (χ3n) is 3.86. The predicted molar refractivity (Wildman–Crippen MR) is 103 cm³/mol. The monoisotopic (exact) mass is 348 g/mol. The Labute approximate surface area is 150 Å². The SMILES string of the molecule is S=C(NCc1ccco1)Nc1ccc(-n2cnc3ccccc32)cc1. The van der Waals surface area contributed by atoms with Gasteiger partial charge in [0.05, 0.1) is 23.8 Å². The van der Waals surface area contributed by atoms with Crippen LogP contribution in [0.3, 0.4) is 0 Å². The maximum atomic E-state index is 5.31. The van der Waals surface area contributed by atoms with E-state index in [1.54, 1.807) is 6.26 Å². The van der Waals surface area contributed by atoms with E-state index in [0.29, 0.717) is 11.7 Å². The number of furan rings is 1. The van der Waals surface area contributed by atoms with Crippen molar-refractivity contribution in [2.24, 2.45) is 0 Å². The van der Waals surface area contributed by atoms with E-state index in [-0.39, 0.29) is 0 Å². The molecule has 2 aromatic carbocycles. The highest BCUT2D eigenvalue weighted by molar-refractivity contribution is 7.80. The fourth-order valence-corrected chi connectivity index (χ4v) is 2.82. The summed E-state index contributed by atoms with van der Waals surface area (Å²) in [4.78, 5) is 4.42. The van der Waals surface area contributed by atoms with Gasteiger partial charge in [-0.1, -0.05) is 12.1 Å². The van der Waals surface area contributed by atoms with Gasteiger partial charge in [0, 0.05) is 11.4 Å². The maximum absolute atomic E-state index is 5.31. The summed E-state index contributed by atoms with van der Waals surface area (Å²) in [7, 11) is 0. The first-order valence-corrected chi connectivity index (χ1v) is 8.30. The summed E-state index contributed by atoms with van der Waals surface area (Å²) < 4.78 is 7.33. The van der Waals surface area contributed by atoms with Crippen LogP contribution in [0.15, 0.2) is 77.7 Å². The number of fused-ring (bicyclic) bond motifs is 1. The number of thiocarbonyl (C=S) groups is 1. The quantitative estimate of drug-likeness (QED) is 0.544. The number of imidazole rings is 1. The Morgan fingerprint density at radius 1 is 1.04 bits per heavy atom. The van der Waals surface area contributed by atoms with Crippen LogP contribution in [-0.2, 0) is 6.54 Å². The average Bonchev–Trinajstić information content (AvgIpc) is 3.30. The Morgan fingerprint density at radius 3 is 2.68 bits per heavy atom. The summed E-state index contributed by atoms with van der Waals surface area (Å²) in [5.41, 5.74) is 4.03. The molecular formula is C19H16N4OS. The molecule has 124 valence electrons. The van der Waals surface area contributed by atoms with E-state index in [1.165, 1.54) is 0 Å². The smallest absolute Gasteiger partial charge is 0.171 e. The molecule has 2 heterocycles. The molecule has 0 saturated carbocycles. The van der Waals surface area contributed by atoms with Gasteiger partial charge in [-0.2, -0.15) is 0 Å². The summed E-state index contributed by atoms with van der Waals surface area (Å²) in [5, 5.41) is 6.83. The second kappa shape index (κ2) is 6.78. The summed E-state index contributed by atoms with van der Waals surface area (Å²) in [5.74, 6) is 0.839. The van der Waals surface area contributed by atoms with Gasteiger partial charge in [-0.05, 0) is 60.7 Å². The van der Waals surface area contributed by atoms with Crippen LogP contribution in [-0.4, -0.2) is 14.7 Å². The average molecular weight is 348 g/mol. The van der Waals surface area contributed by atoms with E-state index < -0.39 is 0 Å². The molecule has 6 heteroatoms. The number of hydrogen-bond donors (Lipinski definition) is 2. The molecule has 0 atom stereocenters. The van der Waals surface area contributed by atoms with Gasteiger partial charge in [0.1, 0.15) is 12.1 Å². The molecule has 0 unspecified atom stereocenters. The standard InChI is InChI=1S/C19H16N4OS/c25-19(20-12-16-4-3-11-24-16)22-14-7-9-15(10-8-14)23-13-21-17-5-1-2-6-18(17)23/h1-11,13H,12H2,(H2,20,22,25). The highest BCUT2D eigenvalue weighted by Crippen LogP contribution is 2.19. The summed E-state index contributed by atoms with van der Waals surface area (Å²) >= 11 is 5.31. The molecule has 25 heavy (non-hydrogen) atoms. The Bertz CT molecular complexity index is 990. The molecule has 4 aromatic rings. The van der Waals surface area contributed by atoms with Gasteiger partial charge < -0.3 is 15.1 Å². The van der Waals surface area contributed by atoms with E-state index in [0.717, 1.165) is 28.2 Å². The van der Waals surface area contributed by atoms with Crippen LogP contribution < -0.4 is 10.6 Å². The Kier molecular flexibility index (Phi) is 4.18. The fourth-order valence-electron chi connectivity index (χ4n) is 2.63. The van der Waals surface area contributed by atoms with E-state index in [2.05, 4.69) is 26.3 Å². The van der Waals surface area contributed by atoms with Gasteiger partial charge >= 0.3 is 0 Å². The largest absolute Gasteiger partial charge is 0.467 e. The summed E-state index contributed by atoms with van der Waals surface area (Å²) in [6.45, 7) is 0.554. The number of benzene rings is 2. The normalized spacial score (nSPS) is 10.7. The zero-order valence-electron chi connectivity index (χ0n) is 13.3. The van der Waals surface area contributed by atoms with Crippen LogP contribution in [0.2, 0.25) is 0 Å². The molecule has 2 N–H and O–H groups in total. The topological polar surface area (TPSA) is 55.0 Å². The summed E-state index contributed by atoms with van der Waals surface area (Å²) in [6.07, 6.45) is 3.48. The lowest BCUT2D eigenvalue weighted by Gasteiger charge is -2.10. The van der Waals surface area contributed by atoms with Crippen molar-refractivity contribution in [1.29, 1.82) is 0 Å².